The zero-order valence-corrected chi connectivity index (χ0v) is 23.6. The summed E-state index contributed by atoms with van der Waals surface area (Å²) < 4.78 is 27.9. The molecule has 8 heteroatoms. The number of unbranched alkanes of at least 4 members (excludes halogenated alkanes) is 2. The van der Waals surface area contributed by atoms with E-state index in [0.29, 0.717) is 35.5 Å². The van der Waals surface area contributed by atoms with Crippen molar-refractivity contribution in [3.63, 3.8) is 0 Å². The van der Waals surface area contributed by atoms with Crippen molar-refractivity contribution in [3.05, 3.63) is 107 Å². The predicted molar refractivity (Wildman–Crippen MR) is 163 cm³/mol. The number of fused-ring (bicyclic) bond motifs is 1. The molecule has 1 aromatic heterocycles. The molecule has 5 rings (SSSR count). The molecule has 42 heavy (non-hydrogen) atoms. The van der Waals surface area contributed by atoms with Gasteiger partial charge in [-0.05, 0) is 97.6 Å². The largest absolute Gasteiger partial charge is 0.497 e. The van der Waals surface area contributed by atoms with E-state index in [1.54, 1.807) is 32.4 Å². The summed E-state index contributed by atoms with van der Waals surface area (Å²) in [5.41, 5.74) is 3.21. The van der Waals surface area contributed by atoms with Gasteiger partial charge in [0, 0.05) is 6.07 Å². The van der Waals surface area contributed by atoms with E-state index in [1.165, 1.54) is 6.26 Å². The molecule has 0 unspecified atom stereocenters. The third kappa shape index (κ3) is 7.34. The van der Waals surface area contributed by atoms with E-state index >= 15 is 0 Å². The van der Waals surface area contributed by atoms with Crippen LogP contribution in [-0.4, -0.2) is 27.4 Å². The number of azo groups is 1. The Bertz CT molecular complexity index is 1680. The van der Waals surface area contributed by atoms with Crippen LogP contribution in [0.3, 0.4) is 0 Å². The number of hydrogen-bond donors (Lipinski definition) is 0. The van der Waals surface area contributed by atoms with E-state index in [1.807, 2.05) is 72.8 Å². The van der Waals surface area contributed by atoms with Crippen LogP contribution >= 0.6 is 0 Å². The van der Waals surface area contributed by atoms with Gasteiger partial charge in [0.2, 0.25) is 0 Å². The lowest BCUT2D eigenvalue weighted by Crippen LogP contribution is -2.05. The molecule has 8 nitrogen and oxygen atoms in total. The minimum atomic E-state index is -0.0828. The van der Waals surface area contributed by atoms with E-state index in [0.717, 1.165) is 53.4 Å². The molecular weight excluding hydrogens is 532 g/mol. The second-order valence-electron chi connectivity index (χ2n) is 9.51. The quantitative estimate of drug-likeness (QED) is 0.105. The number of hydrogen-bond acceptors (Lipinski definition) is 8. The van der Waals surface area contributed by atoms with Crippen molar-refractivity contribution in [2.24, 2.45) is 10.2 Å². The molecule has 214 valence electrons. The Morgan fingerprint density at radius 1 is 0.619 bits per heavy atom. The van der Waals surface area contributed by atoms with E-state index in [2.05, 4.69) is 10.2 Å². The van der Waals surface area contributed by atoms with Crippen LogP contribution in [0.25, 0.3) is 22.1 Å². The predicted octanol–water partition coefficient (Wildman–Crippen LogP) is 8.52. The van der Waals surface area contributed by atoms with Crippen LogP contribution in [0.4, 0.5) is 11.4 Å². The maximum atomic E-state index is 13.0. The zero-order valence-electron chi connectivity index (χ0n) is 23.6. The highest BCUT2D eigenvalue weighted by Crippen LogP contribution is 2.26. The molecule has 0 aliphatic rings. The molecule has 0 spiro atoms. The molecule has 0 atom stereocenters. The molecule has 0 aliphatic carbocycles. The monoisotopic (exact) mass is 564 g/mol. The van der Waals surface area contributed by atoms with E-state index in [9.17, 15) is 4.79 Å². The first-order valence-corrected chi connectivity index (χ1v) is 13.7. The van der Waals surface area contributed by atoms with E-state index in [4.69, 9.17) is 23.4 Å². The van der Waals surface area contributed by atoms with Gasteiger partial charge in [0.1, 0.15) is 34.8 Å². The van der Waals surface area contributed by atoms with Crippen molar-refractivity contribution in [2.75, 3.05) is 27.4 Å². The molecule has 0 N–H and O–H groups in total. The Kier molecular flexibility index (Phi) is 9.46. The SMILES string of the molecule is COc1ccc(N=Nc2ccc(OCCCCCOc3ccc4c(=O)c(-c5ccc(OC)cc5)coc4c3)cc2)cc1. The molecule has 1 heterocycles. The van der Waals surface area contributed by atoms with Gasteiger partial charge in [0.25, 0.3) is 0 Å². The molecular formula is C34H32N2O6. The van der Waals surface area contributed by atoms with Crippen molar-refractivity contribution >= 4 is 22.3 Å². The number of rotatable bonds is 13. The average Bonchev–Trinajstić information content (AvgIpc) is 3.04. The van der Waals surface area contributed by atoms with Gasteiger partial charge in [-0.2, -0.15) is 10.2 Å². The Balaban J connectivity index is 1.03. The maximum Gasteiger partial charge on any atom is 0.200 e. The summed E-state index contributed by atoms with van der Waals surface area (Å²) in [7, 11) is 3.24. The van der Waals surface area contributed by atoms with Crippen molar-refractivity contribution < 1.29 is 23.4 Å². The summed E-state index contributed by atoms with van der Waals surface area (Å²) in [5.74, 6) is 2.98. The minimum absolute atomic E-state index is 0.0828. The van der Waals surface area contributed by atoms with E-state index in [-0.39, 0.29) is 5.43 Å². The second kappa shape index (κ2) is 14.0. The van der Waals surface area contributed by atoms with E-state index < -0.39 is 0 Å². The highest BCUT2D eigenvalue weighted by molar-refractivity contribution is 5.82. The highest BCUT2D eigenvalue weighted by atomic mass is 16.5. The normalized spacial score (nSPS) is 11.1. The van der Waals surface area contributed by atoms with Gasteiger partial charge in [-0.25, -0.2) is 0 Å². The van der Waals surface area contributed by atoms with Gasteiger partial charge in [-0.15, -0.1) is 0 Å². The first-order valence-electron chi connectivity index (χ1n) is 13.7. The lowest BCUT2D eigenvalue weighted by Gasteiger charge is -2.09. The second-order valence-corrected chi connectivity index (χ2v) is 9.51. The van der Waals surface area contributed by atoms with Gasteiger partial charge >= 0.3 is 0 Å². The zero-order chi connectivity index (χ0) is 29.1. The molecule has 4 aromatic carbocycles. The van der Waals surface area contributed by atoms with Crippen LogP contribution in [-0.2, 0) is 0 Å². The lowest BCUT2D eigenvalue weighted by molar-refractivity contribution is 0.279. The summed E-state index contributed by atoms with van der Waals surface area (Å²) in [6.07, 6.45) is 4.24. The van der Waals surface area contributed by atoms with Gasteiger partial charge in [0.15, 0.2) is 5.43 Å². The highest BCUT2D eigenvalue weighted by Gasteiger charge is 2.10. The molecule has 0 aliphatic heterocycles. The molecule has 0 bridgehead atoms. The third-order valence-corrected chi connectivity index (χ3v) is 6.66. The topological polar surface area (TPSA) is 91.9 Å². The first-order chi connectivity index (χ1) is 20.6. The number of ether oxygens (including phenoxy) is 4. The Morgan fingerprint density at radius 2 is 1.14 bits per heavy atom. The van der Waals surface area contributed by atoms with Crippen molar-refractivity contribution in [1.29, 1.82) is 0 Å². The Morgan fingerprint density at radius 3 is 1.74 bits per heavy atom. The molecule has 0 saturated heterocycles. The minimum Gasteiger partial charge on any atom is -0.497 e. The third-order valence-electron chi connectivity index (χ3n) is 6.66. The fourth-order valence-electron chi connectivity index (χ4n) is 4.30. The van der Waals surface area contributed by atoms with Crippen molar-refractivity contribution in [2.45, 2.75) is 19.3 Å². The maximum absolute atomic E-state index is 13.0. The van der Waals surface area contributed by atoms with Crippen LogP contribution in [0.1, 0.15) is 19.3 Å². The van der Waals surface area contributed by atoms with Crippen LogP contribution in [0.15, 0.2) is 117 Å². The van der Waals surface area contributed by atoms with Gasteiger partial charge in [-0.1, -0.05) is 12.1 Å². The van der Waals surface area contributed by atoms with Crippen LogP contribution in [0, 0.1) is 0 Å². The standard InChI is InChI=1S/C34H32N2O6/c1-38-27-12-6-24(7-13-27)32-23-42-33-22-30(18-19-31(33)34(32)37)41-21-5-3-4-20-40-29-16-10-26(11-17-29)36-35-25-8-14-28(39-2)15-9-25/h6-19,22-23H,3-5,20-21H2,1-2H3. The summed E-state index contributed by atoms with van der Waals surface area (Å²) >= 11 is 0. The number of methoxy groups -OCH3 is 2. The van der Waals surface area contributed by atoms with Gasteiger partial charge < -0.3 is 23.4 Å². The van der Waals surface area contributed by atoms with Crippen LogP contribution < -0.4 is 24.4 Å². The summed E-state index contributed by atoms with van der Waals surface area (Å²) in [4.78, 5) is 13.0. The smallest absolute Gasteiger partial charge is 0.200 e. The molecule has 0 saturated carbocycles. The molecule has 0 amide bonds. The Hall–Kier alpha value is -5.11. The fourth-order valence-corrected chi connectivity index (χ4v) is 4.30. The fraction of sp³-hybridized carbons (Fsp3) is 0.206. The Labute approximate surface area is 244 Å². The molecule has 0 radical (unpaired) electrons. The van der Waals surface area contributed by atoms with Gasteiger partial charge in [-0.3, -0.25) is 4.79 Å². The van der Waals surface area contributed by atoms with Crippen molar-refractivity contribution in [1.82, 2.24) is 0 Å². The summed E-state index contributed by atoms with van der Waals surface area (Å²) in [5, 5.41) is 9.02. The average molecular weight is 565 g/mol. The van der Waals surface area contributed by atoms with Gasteiger partial charge in [0.05, 0.1) is 49.8 Å². The molecule has 5 aromatic rings. The summed E-state index contributed by atoms with van der Waals surface area (Å²) in [6.45, 7) is 1.18. The number of benzene rings is 4. The summed E-state index contributed by atoms with van der Waals surface area (Å²) in [6, 6.07) is 27.6. The van der Waals surface area contributed by atoms with Crippen molar-refractivity contribution in [3.8, 4) is 34.1 Å². The molecule has 0 fully saturated rings. The first kappa shape index (κ1) is 28.4. The van der Waals surface area contributed by atoms with Crippen LogP contribution in [0.2, 0.25) is 0 Å². The lowest BCUT2D eigenvalue weighted by atomic mass is 10.1. The van der Waals surface area contributed by atoms with Crippen LogP contribution in [0.5, 0.6) is 23.0 Å². The number of nitrogens with zero attached hydrogens (tertiary/aromatic N) is 2.